The van der Waals surface area contributed by atoms with Gasteiger partial charge in [-0.3, -0.25) is 9.56 Å². The summed E-state index contributed by atoms with van der Waals surface area (Å²) >= 11 is 0. The molecular formula is C8H17N2O3P. The van der Waals surface area contributed by atoms with Gasteiger partial charge in [0.15, 0.2) is 0 Å². The van der Waals surface area contributed by atoms with Crippen molar-refractivity contribution < 1.29 is 14.4 Å². The van der Waals surface area contributed by atoms with Crippen molar-refractivity contribution in [2.24, 2.45) is 4.99 Å². The van der Waals surface area contributed by atoms with E-state index in [1.54, 1.807) is 0 Å². The first-order valence-corrected chi connectivity index (χ1v) is 6.84. The van der Waals surface area contributed by atoms with Gasteiger partial charge >= 0.3 is 7.60 Å². The standard InChI is InChI=1S/C7H12N2.CH5O3P/c1-3-7-8-4-2-6-9(7)5-1;1-5(2,3)4/h1-6H2;1H3,(H2,2,3,4). The second-order valence-corrected chi connectivity index (χ2v) is 5.25. The van der Waals surface area contributed by atoms with Crippen molar-refractivity contribution in [3.8, 4) is 0 Å². The van der Waals surface area contributed by atoms with Crippen molar-refractivity contribution in [2.45, 2.75) is 19.3 Å². The Morgan fingerprint density at radius 2 is 1.93 bits per heavy atom. The van der Waals surface area contributed by atoms with Crippen LogP contribution in [0.2, 0.25) is 0 Å². The van der Waals surface area contributed by atoms with Gasteiger partial charge in [-0.05, 0) is 12.8 Å². The van der Waals surface area contributed by atoms with Gasteiger partial charge in [0.2, 0.25) is 0 Å². The molecule has 2 N–H and O–H groups in total. The van der Waals surface area contributed by atoms with Gasteiger partial charge in [0, 0.05) is 32.7 Å². The van der Waals surface area contributed by atoms with Crippen molar-refractivity contribution in [3.05, 3.63) is 0 Å². The van der Waals surface area contributed by atoms with E-state index in [0.717, 1.165) is 13.2 Å². The lowest BCUT2D eigenvalue weighted by Gasteiger charge is -2.21. The van der Waals surface area contributed by atoms with Crippen LogP contribution in [0.5, 0.6) is 0 Å². The minimum Gasteiger partial charge on any atom is -0.360 e. The van der Waals surface area contributed by atoms with Crippen molar-refractivity contribution in [2.75, 3.05) is 26.3 Å². The quantitative estimate of drug-likeness (QED) is 0.589. The van der Waals surface area contributed by atoms with Crippen LogP contribution in [0.25, 0.3) is 0 Å². The Kier molecular flexibility index (Phi) is 4.11. The van der Waals surface area contributed by atoms with Crippen LogP contribution in [0.15, 0.2) is 4.99 Å². The molecule has 0 unspecified atom stereocenters. The molecule has 2 heterocycles. The number of hydrogen-bond donors (Lipinski definition) is 2. The lowest BCUT2D eigenvalue weighted by molar-refractivity contribution is 0.381. The van der Waals surface area contributed by atoms with E-state index in [2.05, 4.69) is 9.89 Å². The highest BCUT2D eigenvalue weighted by Crippen LogP contribution is 2.26. The van der Waals surface area contributed by atoms with Crippen LogP contribution in [0, 0.1) is 0 Å². The van der Waals surface area contributed by atoms with Crippen LogP contribution < -0.4 is 0 Å². The Morgan fingerprint density at radius 1 is 1.36 bits per heavy atom. The lowest BCUT2D eigenvalue weighted by atomic mass is 10.3. The largest absolute Gasteiger partial charge is 0.360 e. The molecule has 0 aliphatic carbocycles. The molecule has 0 amide bonds. The number of rotatable bonds is 0. The van der Waals surface area contributed by atoms with Crippen molar-refractivity contribution in [1.29, 1.82) is 0 Å². The molecule has 1 saturated heterocycles. The SMILES string of the molecule is C1CN=C2CCCN2C1.CP(=O)(O)O. The summed E-state index contributed by atoms with van der Waals surface area (Å²) < 4.78 is 9.33. The highest BCUT2D eigenvalue weighted by molar-refractivity contribution is 7.50. The van der Waals surface area contributed by atoms with Crippen LogP contribution >= 0.6 is 7.60 Å². The molecule has 0 spiro atoms. The normalized spacial score (nSPS) is 20.8. The smallest absolute Gasteiger partial charge is 0.322 e. The average molecular weight is 220 g/mol. The van der Waals surface area contributed by atoms with Crippen LogP contribution in [0.4, 0.5) is 0 Å². The van der Waals surface area contributed by atoms with E-state index in [1.807, 2.05) is 0 Å². The molecule has 2 aliphatic rings. The summed E-state index contributed by atoms with van der Waals surface area (Å²) in [4.78, 5) is 22.1. The Morgan fingerprint density at radius 3 is 2.50 bits per heavy atom. The monoisotopic (exact) mass is 220 g/mol. The molecule has 0 atom stereocenters. The highest BCUT2D eigenvalue weighted by atomic mass is 31.2. The first-order chi connectivity index (χ1) is 6.47. The van der Waals surface area contributed by atoms with Gasteiger partial charge < -0.3 is 14.7 Å². The summed E-state index contributed by atoms with van der Waals surface area (Å²) in [7, 11) is -3.64. The van der Waals surface area contributed by atoms with Gasteiger partial charge in [0.05, 0.1) is 5.84 Å². The predicted molar refractivity (Wildman–Crippen MR) is 55.7 cm³/mol. The topological polar surface area (TPSA) is 73.1 Å². The van der Waals surface area contributed by atoms with Crippen molar-refractivity contribution in [1.82, 2.24) is 4.90 Å². The number of nitrogens with zero attached hydrogens (tertiary/aromatic N) is 2. The maximum Gasteiger partial charge on any atom is 0.322 e. The zero-order chi connectivity index (χ0) is 10.6. The second-order valence-electron chi connectivity index (χ2n) is 3.58. The van der Waals surface area contributed by atoms with Crippen LogP contribution in [0.3, 0.4) is 0 Å². The minimum atomic E-state index is -3.64. The fraction of sp³-hybridized carbons (Fsp3) is 0.875. The predicted octanol–water partition coefficient (Wildman–Crippen LogP) is 0.678. The summed E-state index contributed by atoms with van der Waals surface area (Å²) in [6, 6.07) is 0. The fourth-order valence-electron chi connectivity index (χ4n) is 1.60. The number of hydrogen-bond acceptors (Lipinski definition) is 3. The molecule has 0 saturated carbocycles. The van der Waals surface area contributed by atoms with Gasteiger partial charge in [-0.15, -0.1) is 0 Å². The maximum atomic E-state index is 9.33. The Balaban J connectivity index is 0.000000171. The van der Waals surface area contributed by atoms with E-state index < -0.39 is 7.60 Å². The van der Waals surface area contributed by atoms with Crippen LogP contribution in [-0.2, 0) is 4.57 Å². The van der Waals surface area contributed by atoms with E-state index in [1.165, 1.54) is 38.2 Å². The molecule has 0 aromatic carbocycles. The molecule has 14 heavy (non-hydrogen) atoms. The van der Waals surface area contributed by atoms with E-state index in [0.29, 0.717) is 0 Å². The Hall–Kier alpha value is -0.380. The number of amidine groups is 1. The molecule has 6 heteroatoms. The fourth-order valence-corrected chi connectivity index (χ4v) is 1.60. The molecule has 2 aliphatic heterocycles. The van der Waals surface area contributed by atoms with Gasteiger partial charge in [-0.25, -0.2) is 0 Å². The molecule has 5 nitrogen and oxygen atoms in total. The summed E-state index contributed by atoms with van der Waals surface area (Å²) in [5, 5.41) is 0. The molecule has 0 aromatic heterocycles. The second kappa shape index (κ2) is 4.91. The van der Waals surface area contributed by atoms with Crippen molar-refractivity contribution in [3.63, 3.8) is 0 Å². The molecule has 0 radical (unpaired) electrons. The van der Waals surface area contributed by atoms with E-state index in [-0.39, 0.29) is 0 Å². The van der Waals surface area contributed by atoms with Crippen molar-refractivity contribution >= 4 is 13.4 Å². The van der Waals surface area contributed by atoms with Gasteiger partial charge in [0.25, 0.3) is 0 Å². The maximum absolute atomic E-state index is 9.33. The molecule has 1 fully saturated rings. The van der Waals surface area contributed by atoms with Gasteiger partial charge in [0.1, 0.15) is 0 Å². The zero-order valence-corrected chi connectivity index (χ0v) is 9.28. The summed E-state index contributed by atoms with van der Waals surface area (Å²) in [6.45, 7) is 4.45. The Labute approximate surface area is 84.0 Å². The third kappa shape index (κ3) is 4.74. The molecule has 2 rings (SSSR count). The first kappa shape index (κ1) is 11.7. The summed E-state index contributed by atoms with van der Waals surface area (Å²) in [5.74, 6) is 1.38. The minimum absolute atomic E-state index is 0.854. The highest BCUT2D eigenvalue weighted by Gasteiger charge is 2.19. The zero-order valence-electron chi connectivity index (χ0n) is 8.39. The van der Waals surface area contributed by atoms with E-state index in [9.17, 15) is 4.57 Å². The summed E-state index contributed by atoms with van der Waals surface area (Å²) in [5.41, 5.74) is 0. The third-order valence-corrected chi connectivity index (χ3v) is 2.07. The van der Waals surface area contributed by atoms with Crippen LogP contribution in [-0.4, -0.2) is 46.8 Å². The third-order valence-electron chi connectivity index (χ3n) is 2.07. The first-order valence-electron chi connectivity index (χ1n) is 4.78. The average Bonchev–Trinajstić information content (AvgIpc) is 2.47. The van der Waals surface area contributed by atoms with E-state index >= 15 is 0 Å². The lowest BCUT2D eigenvalue weighted by Crippen LogP contribution is -2.29. The molecule has 82 valence electrons. The van der Waals surface area contributed by atoms with Gasteiger partial charge in [-0.1, -0.05) is 0 Å². The van der Waals surface area contributed by atoms with E-state index in [4.69, 9.17) is 9.79 Å². The van der Waals surface area contributed by atoms with Crippen LogP contribution in [0.1, 0.15) is 19.3 Å². The molecule has 0 bridgehead atoms. The summed E-state index contributed by atoms with van der Waals surface area (Å²) in [6.07, 6.45) is 3.84. The molecule has 0 aromatic rings. The van der Waals surface area contributed by atoms with Gasteiger partial charge in [-0.2, -0.15) is 0 Å². The number of fused-ring (bicyclic) bond motifs is 1. The number of aliphatic imine (C=N–C) groups is 1. The molecular weight excluding hydrogens is 203 g/mol. The Bertz CT molecular complexity index is 253.